The Morgan fingerprint density at radius 3 is 2.50 bits per heavy atom. The van der Waals surface area contributed by atoms with Gasteiger partial charge < -0.3 is 19.9 Å². The predicted molar refractivity (Wildman–Crippen MR) is 114 cm³/mol. The quantitative estimate of drug-likeness (QED) is 0.740. The summed E-state index contributed by atoms with van der Waals surface area (Å²) in [5.74, 6) is 0. The van der Waals surface area contributed by atoms with Crippen LogP contribution in [0, 0.1) is 0 Å². The van der Waals surface area contributed by atoms with Gasteiger partial charge in [-0.3, -0.25) is 0 Å². The van der Waals surface area contributed by atoms with Gasteiger partial charge in [-0.25, -0.2) is 4.79 Å². The van der Waals surface area contributed by atoms with Crippen molar-refractivity contribution in [2.24, 2.45) is 0 Å². The molecule has 2 saturated heterocycles. The number of amides is 2. The van der Waals surface area contributed by atoms with E-state index in [2.05, 4.69) is 27.2 Å². The molecule has 0 atom stereocenters. The largest absolute Gasteiger partial charge is 0.381 e. The maximum atomic E-state index is 12.9. The number of likely N-dealkylation sites (tertiary alicyclic amines) is 1. The molecule has 2 amide bonds. The van der Waals surface area contributed by atoms with Crippen LogP contribution in [0.1, 0.15) is 50.5 Å². The van der Waals surface area contributed by atoms with Gasteiger partial charge in [-0.15, -0.1) is 0 Å². The lowest BCUT2D eigenvalue weighted by atomic mass is 10.1. The van der Waals surface area contributed by atoms with E-state index in [-0.39, 0.29) is 6.03 Å². The number of ether oxygens (including phenoxy) is 1. The third kappa shape index (κ3) is 7.10. The van der Waals surface area contributed by atoms with Crippen LogP contribution in [0.5, 0.6) is 0 Å². The van der Waals surface area contributed by atoms with Crippen molar-refractivity contribution in [3.05, 3.63) is 35.9 Å². The molecule has 0 saturated carbocycles. The SMILES string of the molecule is O=C(NCCc1ccccc1)N(CCCN1CCCCCC1)C1CCOCC1. The molecule has 5 nitrogen and oxygen atoms in total. The highest BCUT2D eigenvalue weighted by Gasteiger charge is 2.25. The van der Waals surface area contributed by atoms with Crippen LogP contribution in [-0.2, 0) is 11.2 Å². The van der Waals surface area contributed by atoms with Crippen LogP contribution in [0.4, 0.5) is 4.79 Å². The molecule has 1 aromatic carbocycles. The molecule has 2 aliphatic heterocycles. The standard InChI is InChI=1S/C23H37N3O2/c27-23(24-14-11-21-9-4-3-5-10-21)26(22-12-19-28-20-13-22)18-8-17-25-15-6-1-2-7-16-25/h3-5,9-10,22H,1-2,6-8,11-20H2,(H,24,27). The molecule has 3 rings (SSSR count). The lowest BCUT2D eigenvalue weighted by Gasteiger charge is -2.35. The van der Waals surface area contributed by atoms with E-state index in [1.165, 1.54) is 44.3 Å². The van der Waals surface area contributed by atoms with Crippen LogP contribution < -0.4 is 5.32 Å². The summed E-state index contributed by atoms with van der Waals surface area (Å²) in [6, 6.07) is 10.8. The van der Waals surface area contributed by atoms with Gasteiger partial charge >= 0.3 is 6.03 Å². The fourth-order valence-electron chi connectivity index (χ4n) is 4.33. The van der Waals surface area contributed by atoms with Crippen molar-refractivity contribution in [1.29, 1.82) is 0 Å². The Kier molecular flexibility index (Phi) is 9.11. The summed E-state index contributed by atoms with van der Waals surface area (Å²) in [5.41, 5.74) is 1.27. The van der Waals surface area contributed by atoms with Crippen molar-refractivity contribution < 1.29 is 9.53 Å². The number of carbonyl (C=O) groups excluding carboxylic acids is 1. The fraction of sp³-hybridized carbons (Fsp3) is 0.696. The lowest BCUT2D eigenvalue weighted by molar-refractivity contribution is 0.0448. The van der Waals surface area contributed by atoms with Gasteiger partial charge in [0.2, 0.25) is 0 Å². The molecule has 0 aliphatic carbocycles. The van der Waals surface area contributed by atoms with Gasteiger partial charge in [-0.05, 0) is 63.7 Å². The second-order valence-electron chi connectivity index (χ2n) is 8.11. The lowest BCUT2D eigenvalue weighted by Crippen LogP contribution is -2.49. The Labute approximate surface area is 170 Å². The predicted octanol–water partition coefficient (Wildman–Crippen LogP) is 3.69. The summed E-state index contributed by atoms with van der Waals surface area (Å²) in [4.78, 5) is 17.6. The summed E-state index contributed by atoms with van der Waals surface area (Å²) < 4.78 is 5.52. The summed E-state index contributed by atoms with van der Waals surface area (Å²) in [6.45, 7) is 6.63. The van der Waals surface area contributed by atoms with Crippen molar-refractivity contribution in [2.75, 3.05) is 45.9 Å². The molecule has 1 N–H and O–H groups in total. The van der Waals surface area contributed by atoms with E-state index in [1.54, 1.807) is 0 Å². The third-order valence-electron chi connectivity index (χ3n) is 6.00. The van der Waals surface area contributed by atoms with Crippen LogP contribution >= 0.6 is 0 Å². The Hall–Kier alpha value is -1.59. The zero-order valence-corrected chi connectivity index (χ0v) is 17.3. The highest BCUT2D eigenvalue weighted by atomic mass is 16.5. The molecule has 5 heteroatoms. The van der Waals surface area contributed by atoms with Crippen LogP contribution in [0.2, 0.25) is 0 Å². The Bertz CT molecular complexity index is 552. The number of carbonyl (C=O) groups is 1. The van der Waals surface area contributed by atoms with E-state index < -0.39 is 0 Å². The number of rotatable bonds is 8. The highest BCUT2D eigenvalue weighted by Crippen LogP contribution is 2.16. The van der Waals surface area contributed by atoms with Crippen molar-refractivity contribution in [3.63, 3.8) is 0 Å². The summed E-state index contributed by atoms with van der Waals surface area (Å²) in [7, 11) is 0. The summed E-state index contributed by atoms with van der Waals surface area (Å²) in [5, 5.41) is 3.16. The maximum absolute atomic E-state index is 12.9. The van der Waals surface area contributed by atoms with Crippen molar-refractivity contribution >= 4 is 6.03 Å². The average molecular weight is 388 g/mol. The number of hydrogen-bond acceptors (Lipinski definition) is 3. The molecular formula is C23H37N3O2. The first-order chi connectivity index (χ1) is 13.8. The van der Waals surface area contributed by atoms with E-state index in [9.17, 15) is 4.79 Å². The van der Waals surface area contributed by atoms with E-state index in [4.69, 9.17) is 4.74 Å². The normalized spacial score (nSPS) is 19.1. The molecule has 2 heterocycles. The fourth-order valence-corrected chi connectivity index (χ4v) is 4.33. The molecular weight excluding hydrogens is 350 g/mol. The highest BCUT2D eigenvalue weighted by molar-refractivity contribution is 5.74. The number of nitrogens with one attached hydrogen (secondary N) is 1. The third-order valence-corrected chi connectivity index (χ3v) is 6.00. The molecule has 0 radical (unpaired) electrons. The zero-order chi connectivity index (χ0) is 19.4. The Morgan fingerprint density at radius 2 is 1.79 bits per heavy atom. The molecule has 28 heavy (non-hydrogen) atoms. The number of nitrogens with zero attached hydrogens (tertiary/aromatic N) is 2. The van der Waals surface area contributed by atoms with Gasteiger partial charge in [-0.2, -0.15) is 0 Å². The van der Waals surface area contributed by atoms with Gasteiger partial charge in [0.25, 0.3) is 0 Å². The molecule has 0 bridgehead atoms. The molecule has 1 aromatic rings. The Balaban J connectivity index is 1.46. The van der Waals surface area contributed by atoms with Gasteiger partial charge in [-0.1, -0.05) is 43.2 Å². The first kappa shape index (κ1) is 21.1. The van der Waals surface area contributed by atoms with Gasteiger partial charge in [0, 0.05) is 32.3 Å². The smallest absolute Gasteiger partial charge is 0.317 e. The molecule has 0 spiro atoms. The molecule has 156 valence electrons. The monoisotopic (exact) mass is 387 g/mol. The van der Waals surface area contributed by atoms with Gasteiger partial charge in [0.1, 0.15) is 0 Å². The van der Waals surface area contributed by atoms with Gasteiger partial charge in [0.05, 0.1) is 0 Å². The van der Waals surface area contributed by atoms with Crippen molar-refractivity contribution in [3.8, 4) is 0 Å². The molecule has 0 unspecified atom stereocenters. The van der Waals surface area contributed by atoms with E-state index in [0.717, 1.165) is 52.0 Å². The van der Waals surface area contributed by atoms with Crippen LogP contribution in [-0.4, -0.2) is 67.8 Å². The zero-order valence-electron chi connectivity index (χ0n) is 17.3. The first-order valence-corrected chi connectivity index (χ1v) is 11.2. The van der Waals surface area contributed by atoms with Gasteiger partial charge in [0.15, 0.2) is 0 Å². The average Bonchev–Trinajstić information content (AvgIpc) is 3.01. The summed E-state index contributed by atoms with van der Waals surface area (Å²) in [6.07, 6.45) is 9.23. The second-order valence-corrected chi connectivity index (χ2v) is 8.11. The Morgan fingerprint density at radius 1 is 1.07 bits per heavy atom. The van der Waals surface area contributed by atoms with Crippen LogP contribution in [0.3, 0.4) is 0 Å². The summed E-state index contributed by atoms with van der Waals surface area (Å²) >= 11 is 0. The molecule has 2 fully saturated rings. The van der Waals surface area contributed by atoms with Crippen molar-refractivity contribution in [1.82, 2.24) is 15.1 Å². The van der Waals surface area contributed by atoms with Crippen molar-refractivity contribution in [2.45, 2.75) is 57.4 Å². The van der Waals surface area contributed by atoms with Crippen LogP contribution in [0.25, 0.3) is 0 Å². The minimum atomic E-state index is 0.0960. The number of hydrogen-bond donors (Lipinski definition) is 1. The number of urea groups is 1. The molecule has 2 aliphatic rings. The van der Waals surface area contributed by atoms with E-state index in [0.29, 0.717) is 12.6 Å². The minimum absolute atomic E-state index is 0.0960. The first-order valence-electron chi connectivity index (χ1n) is 11.2. The maximum Gasteiger partial charge on any atom is 0.317 e. The second kappa shape index (κ2) is 12.1. The molecule has 0 aromatic heterocycles. The van der Waals surface area contributed by atoms with E-state index in [1.807, 2.05) is 18.2 Å². The topological polar surface area (TPSA) is 44.8 Å². The number of benzene rings is 1. The minimum Gasteiger partial charge on any atom is -0.381 e. The van der Waals surface area contributed by atoms with E-state index >= 15 is 0 Å². The van der Waals surface area contributed by atoms with Crippen LogP contribution in [0.15, 0.2) is 30.3 Å².